The number of amides is 1. The van der Waals surface area contributed by atoms with Gasteiger partial charge < -0.3 is 19.4 Å². The number of carbonyl (C=O) groups is 1. The highest BCUT2D eigenvalue weighted by Gasteiger charge is 2.13. The molecule has 4 aromatic rings. The number of benzene rings is 2. The summed E-state index contributed by atoms with van der Waals surface area (Å²) in [4.78, 5) is 25.2. The van der Waals surface area contributed by atoms with Crippen molar-refractivity contribution in [2.75, 3.05) is 14.2 Å². The zero-order chi connectivity index (χ0) is 20.5. The Kier molecular flexibility index (Phi) is 4.67. The maximum atomic E-state index is 12.7. The summed E-state index contributed by atoms with van der Waals surface area (Å²) in [6, 6.07) is 12.3. The molecule has 0 spiro atoms. The number of hydrogen-bond acceptors (Lipinski definition) is 5. The molecular formula is C21H20N4O4. The van der Waals surface area contributed by atoms with E-state index < -0.39 is 0 Å². The van der Waals surface area contributed by atoms with Crippen LogP contribution in [0.4, 0.5) is 0 Å². The number of nitrogens with one attached hydrogen (secondary N) is 1. The predicted octanol–water partition coefficient (Wildman–Crippen LogP) is 2.13. The van der Waals surface area contributed by atoms with Gasteiger partial charge in [-0.05, 0) is 36.4 Å². The van der Waals surface area contributed by atoms with Crippen LogP contribution in [0.1, 0.15) is 15.9 Å². The smallest absolute Gasteiger partial charge is 0.276 e. The van der Waals surface area contributed by atoms with Crippen LogP contribution in [-0.2, 0) is 13.6 Å². The lowest BCUT2D eigenvalue weighted by Gasteiger charge is -2.12. The van der Waals surface area contributed by atoms with E-state index in [4.69, 9.17) is 9.47 Å². The summed E-state index contributed by atoms with van der Waals surface area (Å²) in [6.07, 6.45) is 1.58. The molecule has 0 saturated heterocycles. The van der Waals surface area contributed by atoms with E-state index in [1.807, 2.05) is 12.1 Å². The van der Waals surface area contributed by atoms with Gasteiger partial charge in [-0.2, -0.15) is 5.10 Å². The topological polar surface area (TPSA) is 86.9 Å². The Bertz CT molecular complexity index is 1290. The van der Waals surface area contributed by atoms with Gasteiger partial charge >= 0.3 is 0 Å². The van der Waals surface area contributed by atoms with Gasteiger partial charge in [0.1, 0.15) is 17.0 Å². The SMILES string of the molecule is COc1ccc(CNC(=O)c2ccc3c(c2)n(C)c(=O)c2ccnn23)c(OC)c1. The van der Waals surface area contributed by atoms with E-state index in [1.165, 1.54) is 4.57 Å². The predicted molar refractivity (Wildman–Crippen MR) is 109 cm³/mol. The third-order valence-corrected chi connectivity index (χ3v) is 4.93. The van der Waals surface area contributed by atoms with Crippen molar-refractivity contribution in [1.29, 1.82) is 0 Å². The highest BCUT2D eigenvalue weighted by Crippen LogP contribution is 2.24. The van der Waals surface area contributed by atoms with Crippen LogP contribution in [0.5, 0.6) is 11.5 Å². The second-order valence-corrected chi connectivity index (χ2v) is 6.56. The number of carbonyl (C=O) groups excluding carboxylic acids is 1. The van der Waals surface area contributed by atoms with Crippen molar-refractivity contribution in [1.82, 2.24) is 19.5 Å². The van der Waals surface area contributed by atoms with Crippen molar-refractivity contribution in [2.24, 2.45) is 7.05 Å². The van der Waals surface area contributed by atoms with Gasteiger partial charge in [-0.15, -0.1) is 0 Å². The Morgan fingerprint density at radius 2 is 1.86 bits per heavy atom. The molecule has 1 amide bonds. The van der Waals surface area contributed by atoms with Gasteiger partial charge in [-0.1, -0.05) is 0 Å². The summed E-state index contributed by atoms with van der Waals surface area (Å²) in [6.45, 7) is 0.293. The molecule has 0 unspecified atom stereocenters. The number of ether oxygens (including phenoxy) is 2. The number of rotatable bonds is 5. The molecule has 8 heteroatoms. The highest BCUT2D eigenvalue weighted by atomic mass is 16.5. The third kappa shape index (κ3) is 3.18. The van der Waals surface area contributed by atoms with E-state index in [0.717, 1.165) is 11.1 Å². The molecule has 0 bridgehead atoms. The number of nitrogens with zero attached hydrogens (tertiary/aromatic N) is 3. The summed E-state index contributed by atoms with van der Waals surface area (Å²) in [5.41, 5.74) is 2.97. The van der Waals surface area contributed by atoms with Gasteiger partial charge in [0.05, 0.1) is 31.4 Å². The van der Waals surface area contributed by atoms with Gasteiger partial charge in [-0.25, -0.2) is 4.52 Å². The molecule has 29 heavy (non-hydrogen) atoms. The van der Waals surface area contributed by atoms with Gasteiger partial charge in [0.25, 0.3) is 11.5 Å². The summed E-state index contributed by atoms with van der Waals surface area (Å²) in [7, 11) is 4.84. The minimum absolute atomic E-state index is 0.171. The molecule has 2 aromatic heterocycles. The fourth-order valence-electron chi connectivity index (χ4n) is 3.33. The molecule has 8 nitrogen and oxygen atoms in total. The lowest BCUT2D eigenvalue weighted by atomic mass is 10.1. The summed E-state index contributed by atoms with van der Waals surface area (Å²) in [5.74, 6) is 1.06. The number of aryl methyl sites for hydroxylation is 1. The van der Waals surface area contributed by atoms with Crippen LogP contribution in [0.25, 0.3) is 16.6 Å². The second-order valence-electron chi connectivity index (χ2n) is 6.56. The Hall–Kier alpha value is -3.81. The monoisotopic (exact) mass is 392 g/mol. The van der Waals surface area contributed by atoms with Crippen LogP contribution in [0, 0.1) is 0 Å². The lowest BCUT2D eigenvalue weighted by Crippen LogP contribution is -2.24. The van der Waals surface area contributed by atoms with Crippen LogP contribution in [0.2, 0.25) is 0 Å². The van der Waals surface area contributed by atoms with Gasteiger partial charge in [-0.3, -0.25) is 9.59 Å². The Morgan fingerprint density at radius 1 is 1.03 bits per heavy atom. The number of methoxy groups -OCH3 is 2. The lowest BCUT2D eigenvalue weighted by molar-refractivity contribution is 0.0951. The van der Waals surface area contributed by atoms with Crippen molar-refractivity contribution in [3.05, 3.63) is 70.1 Å². The molecule has 0 saturated carbocycles. The molecule has 148 valence electrons. The fourth-order valence-corrected chi connectivity index (χ4v) is 3.33. The van der Waals surface area contributed by atoms with Crippen molar-refractivity contribution in [2.45, 2.75) is 6.54 Å². The molecule has 4 rings (SSSR count). The molecule has 0 atom stereocenters. The molecule has 2 aromatic carbocycles. The van der Waals surface area contributed by atoms with Crippen molar-refractivity contribution in [3.63, 3.8) is 0 Å². The van der Waals surface area contributed by atoms with Crippen LogP contribution in [0.3, 0.4) is 0 Å². The van der Waals surface area contributed by atoms with Crippen LogP contribution in [-0.4, -0.2) is 34.3 Å². The normalized spacial score (nSPS) is 11.0. The molecular weight excluding hydrogens is 372 g/mol. The minimum atomic E-state index is -0.252. The van der Waals surface area contributed by atoms with E-state index in [9.17, 15) is 9.59 Å². The molecule has 0 aliphatic heterocycles. The molecule has 0 aliphatic carbocycles. The molecule has 0 aliphatic rings. The standard InChI is InChI=1S/C21H20N4O4/c1-24-18-10-13(5-7-16(18)25-17(21(24)27)8-9-23-25)20(26)22-12-14-4-6-15(28-2)11-19(14)29-3/h4-11H,12H2,1-3H3,(H,22,26). The fraction of sp³-hybridized carbons (Fsp3) is 0.190. The largest absolute Gasteiger partial charge is 0.497 e. The molecule has 2 heterocycles. The van der Waals surface area contributed by atoms with Crippen LogP contribution >= 0.6 is 0 Å². The van der Waals surface area contributed by atoms with E-state index in [-0.39, 0.29) is 11.5 Å². The van der Waals surface area contributed by atoms with E-state index in [2.05, 4.69) is 10.4 Å². The average molecular weight is 392 g/mol. The van der Waals surface area contributed by atoms with Crippen molar-refractivity contribution >= 4 is 22.5 Å². The van der Waals surface area contributed by atoms with Gasteiger partial charge in [0, 0.05) is 30.8 Å². The number of hydrogen-bond donors (Lipinski definition) is 1. The zero-order valence-corrected chi connectivity index (χ0v) is 16.3. The number of aromatic nitrogens is 3. The first-order valence-corrected chi connectivity index (χ1v) is 8.99. The van der Waals surface area contributed by atoms with Crippen molar-refractivity contribution in [3.8, 4) is 11.5 Å². The summed E-state index contributed by atoms with van der Waals surface area (Å²) < 4.78 is 13.7. The minimum Gasteiger partial charge on any atom is -0.497 e. The van der Waals surface area contributed by atoms with E-state index in [0.29, 0.717) is 34.6 Å². The van der Waals surface area contributed by atoms with E-state index in [1.54, 1.807) is 62.3 Å². The first-order valence-electron chi connectivity index (χ1n) is 8.99. The van der Waals surface area contributed by atoms with Crippen LogP contribution < -0.4 is 20.3 Å². The second kappa shape index (κ2) is 7.31. The van der Waals surface area contributed by atoms with Gasteiger partial charge in [0.2, 0.25) is 0 Å². The first-order chi connectivity index (χ1) is 14.0. The molecule has 1 N–H and O–H groups in total. The van der Waals surface area contributed by atoms with Crippen molar-refractivity contribution < 1.29 is 14.3 Å². The quantitative estimate of drug-likeness (QED) is 0.562. The van der Waals surface area contributed by atoms with E-state index >= 15 is 0 Å². The third-order valence-electron chi connectivity index (χ3n) is 4.93. The average Bonchev–Trinajstić information content (AvgIpc) is 3.25. The molecule has 0 radical (unpaired) electrons. The number of fused-ring (bicyclic) bond motifs is 3. The Labute approximate surface area is 166 Å². The van der Waals surface area contributed by atoms with Gasteiger partial charge in [0.15, 0.2) is 0 Å². The summed E-state index contributed by atoms with van der Waals surface area (Å²) in [5, 5.41) is 7.10. The highest BCUT2D eigenvalue weighted by molar-refractivity contribution is 5.97. The maximum absolute atomic E-state index is 12.7. The molecule has 0 fully saturated rings. The first kappa shape index (κ1) is 18.5. The zero-order valence-electron chi connectivity index (χ0n) is 16.3. The maximum Gasteiger partial charge on any atom is 0.276 e. The van der Waals surface area contributed by atoms with Crippen LogP contribution in [0.15, 0.2) is 53.5 Å². The summed E-state index contributed by atoms with van der Waals surface area (Å²) >= 11 is 0. The Morgan fingerprint density at radius 3 is 2.62 bits per heavy atom. The Balaban J connectivity index is 1.63.